The highest BCUT2D eigenvalue weighted by atomic mass is 35.5. The maximum absolute atomic E-state index is 13.1. The van der Waals surface area contributed by atoms with E-state index in [0.29, 0.717) is 23.7 Å². The van der Waals surface area contributed by atoms with Gasteiger partial charge in [0.05, 0.1) is 11.0 Å². The van der Waals surface area contributed by atoms with Crippen LogP contribution in [0, 0.1) is 12.8 Å². The minimum atomic E-state index is -3.64. The van der Waals surface area contributed by atoms with Crippen LogP contribution in [-0.4, -0.2) is 51.0 Å². The molecular weight excluding hydrogens is 400 g/mol. The molecular formula is C20H29ClN2O4S. The molecule has 0 bridgehead atoms. The molecule has 1 saturated carbocycles. The van der Waals surface area contributed by atoms with Gasteiger partial charge < -0.3 is 10.1 Å². The van der Waals surface area contributed by atoms with Crippen molar-refractivity contribution in [2.24, 2.45) is 5.92 Å². The number of amides is 1. The maximum atomic E-state index is 13.1. The van der Waals surface area contributed by atoms with Gasteiger partial charge in [0, 0.05) is 37.2 Å². The molecule has 1 aliphatic heterocycles. The standard InChI is InChI=1S/C20H29ClN2O4S/c1-14-18(21)9-4-10-19(14)28(25,26)23-11-5-7-16(13-23)22-20(24)15-6-3-8-17(12-15)27-2/h4,9-10,15-17H,3,5-8,11-13H2,1-2H3,(H,22,24)/t15-,16-,17-/m0/s1. The van der Waals surface area contributed by atoms with Crippen LogP contribution < -0.4 is 5.32 Å². The van der Waals surface area contributed by atoms with Crippen LogP contribution in [-0.2, 0) is 19.6 Å². The van der Waals surface area contributed by atoms with Crippen molar-refractivity contribution in [3.63, 3.8) is 0 Å². The molecule has 0 spiro atoms. The van der Waals surface area contributed by atoms with Gasteiger partial charge in [0.15, 0.2) is 0 Å². The highest BCUT2D eigenvalue weighted by Gasteiger charge is 2.34. The minimum absolute atomic E-state index is 0.0185. The Hall–Kier alpha value is -1.15. The quantitative estimate of drug-likeness (QED) is 0.781. The van der Waals surface area contributed by atoms with Gasteiger partial charge >= 0.3 is 0 Å². The van der Waals surface area contributed by atoms with Gasteiger partial charge in [-0.25, -0.2) is 8.42 Å². The van der Waals surface area contributed by atoms with Gasteiger partial charge in [-0.05, 0) is 56.7 Å². The third kappa shape index (κ3) is 4.70. The number of nitrogens with zero attached hydrogens (tertiary/aromatic N) is 1. The SMILES string of the molecule is CO[C@H]1CCC[C@H](C(=O)N[C@H]2CCCN(S(=O)(=O)c3cccc(Cl)c3C)C2)C1. The molecule has 1 aromatic carbocycles. The van der Waals surface area contributed by atoms with Gasteiger partial charge in [-0.2, -0.15) is 4.31 Å². The maximum Gasteiger partial charge on any atom is 0.243 e. The molecule has 28 heavy (non-hydrogen) atoms. The summed E-state index contributed by atoms with van der Waals surface area (Å²) < 4.78 is 33.1. The predicted octanol–water partition coefficient (Wildman–Crippen LogP) is 3.12. The average molecular weight is 429 g/mol. The Labute approximate surface area is 172 Å². The summed E-state index contributed by atoms with van der Waals surface area (Å²) in [5.41, 5.74) is 0.558. The summed E-state index contributed by atoms with van der Waals surface area (Å²) in [6.07, 6.45) is 5.21. The molecule has 1 N–H and O–H groups in total. The molecule has 6 nitrogen and oxygen atoms in total. The first-order valence-corrected chi connectivity index (χ1v) is 11.7. The van der Waals surface area contributed by atoms with Gasteiger partial charge in [-0.3, -0.25) is 4.79 Å². The van der Waals surface area contributed by atoms with E-state index < -0.39 is 10.0 Å². The third-order valence-electron chi connectivity index (χ3n) is 5.90. The van der Waals surface area contributed by atoms with E-state index in [4.69, 9.17) is 16.3 Å². The summed E-state index contributed by atoms with van der Waals surface area (Å²) in [4.78, 5) is 12.9. The Kier molecular flexibility index (Phi) is 7.02. The van der Waals surface area contributed by atoms with Crippen LogP contribution in [0.1, 0.15) is 44.1 Å². The molecule has 3 atom stereocenters. The molecule has 1 heterocycles. The Morgan fingerprint density at radius 1 is 1.25 bits per heavy atom. The molecule has 2 fully saturated rings. The fourth-order valence-corrected chi connectivity index (χ4v) is 6.20. The lowest BCUT2D eigenvalue weighted by molar-refractivity contribution is -0.128. The topological polar surface area (TPSA) is 75.7 Å². The van der Waals surface area contributed by atoms with Gasteiger partial charge in [-0.15, -0.1) is 0 Å². The second-order valence-electron chi connectivity index (χ2n) is 7.80. The number of halogens is 1. The predicted molar refractivity (Wildman–Crippen MR) is 109 cm³/mol. The van der Waals surface area contributed by atoms with E-state index >= 15 is 0 Å². The van der Waals surface area contributed by atoms with Crippen molar-refractivity contribution < 1.29 is 17.9 Å². The summed E-state index contributed by atoms with van der Waals surface area (Å²) in [7, 11) is -1.96. The zero-order chi connectivity index (χ0) is 20.3. The fourth-order valence-electron chi connectivity index (χ4n) is 4.20. The summed E-state index contributed by atoms with van der Waals surface area (Å²) >= 11 is 6.12. The Morgan fingerprint density at radius 2 is 2.04 bits per heavy atom. The van der Waals surface area contributed by atoms with Crippen molar-refractivity contribution in [1.82, 2.24) is 9.62 Å². The van der Waals surface area contributed by atoms with E-state index in [0.717, 1.165) is 38.5 Å². The first-order valence-electron chi connectivity index (χ1n) is 9.91. The van der Waals surface area contributed by atoms with Gasteiger partial charge in [0.1, 0.15) is 0 Å². The third-order valence-corrected chi connectivity index (χ3v) is 8.32. The van der Waals surface area contributed by atoms with Crippen LogP contribution in [0.5, 0.6) is 0 Å². The van der Waals surface area contributed by atoms with E-state index in [-0.39, 0.29) is 28.9 Å². The average Bonchev–Trinajstić information content (AvgIpc) is 2.70. The first-order chi connectivity index (χ1) is 13.3. The Bertz CT molecular complexity index is 814. The zero-order valence-electron chi connectivity index (χ0n) is 16.5. The van der Waals surface area contributed by atoms with Crippen molar-refractivity contribution in [3.8, 4) is 0 Å². The summed E-state index contributed by atoms with van der Waals surface area (Å²) in [6, 6.07) is 4.76. The second-order valence-corrected chi connectivity index (χ2v) is 10.1. The van der Waals surface area contributed by atoms with Crippen molar-refractivity contribution in [3.05, 3.63) is 28.8 Å². The highest BCUT2D eigenvalue weighted by molar-refractivity contribution is 7.89. The van der Waals surface area contributed by atoms with E-state index in [1.165, 1.54) is 4.31 Å². The lowest BCUT2D eigenvalue weighted by atomic mass is 9.86. The highest BCUT2D eigenvalue weighted by Crippen LogP contribution is 2.29. The van der Waals surface area contributed by atoms with E-state index in [1.54, 1.807) is 32.2 Å². The Morgan fingerprint density at radius 3 is 2.79 bits per heavy atom. The monoisotopic (exact) mass is 428 g/mol. The van der Waals surface area contributed by atoms with Crippen molar-refractivity contribution >= 4 is 27.5 Å². The molecule has 2 aliphatic rings. The van der Waals surface area contributed by atoms with Crippen LogP contribution in [0.25, 0.3) is 0 Å². The number of nitrogens with one attached hydrogen (secondary N) is 1. The van der Waals surface area contributed by atoms with Crippen LogP contribution in [0.3, 0.4) is 0 Å². The lowest BCUT2D eigenvalue weighted by Gasteiger charge is -2.34. The normalized spacial score (nSPS) is 26.8. The van der Waals surface area contributed by atoms with Gasteiger partial charge in [-0.1, -0.05) is 24.1 Å². The zero-order valence-corrected chi connectivity index (χ0v) is 18.1. The molecule has 156 valence electrons. The Balaban J connectivity index is 1.67. The molecule has 8 heteroatoms. The number of ether oxygens (including phenoxy) is 1. The fraction of sp³-hybridized carbons (Fsp3) is 0.650. The minimum Gasteiger partial charge on any atom is -0.381 e. The van der Waals surface area contributed by atoms with Crippen LogP contribution in [0.4, 0.5) is 0 Å². The number of methoxy groups -OCH3 is 1. The second kappa shape index (κ2) is 9.11. The number of sulfonamides is 1. The van der Waals surface area contributed by atoms with E-state index in [9.17, 15) is 13.2 Å². The van der Waals surface area contributed by atoms with Crippen LogP contribution in [0.15, 0.2) is 23.1 Å². The lowest BCUT2D eigenvalue weighted by Crippen LogP contribution is -2.51. The number of piperidine rings is 1. The van der Waals surface area contributed by atoms with E-state index in [1.807, 2.05) is 0 Å². The summed E-state index contributed by atoms with van der Waals surface area (Å²) in [6.45, 7) is 2.46. The summed E-state index contributed by atoms with van der Waals surface area (Å²) in [5.74, 6) is -0.0363. The number of hydrogen-bond donors (Lipinski definition) is 1. The number of benzene rings is 1. The summed E-state index contributed by atoms with van der Waals surface area (Å²) in [5, 5.41) is 3.52. The van der Waals surface area contributed by atoms with Crippen molar-refractivity contribution in [2.45, 2.75) is 62.5 Å². The largest absolute Gasteiger partial charge is 0.381 e. The molecule has 0 unspecified atom stereocenters. The van der Waals surface area contributed by atoms with Crippen LogP contribution in [0.2, 0.25) is 5.02 Å². The van der Waals surface area contributed by atoms with Gasteiger partial charge in [0.2, 0.25) is 15.9 Å². The van der Waals surface area contributed by atoms with Gasteiger partial charge in [0.25, 0.3) is 0 Å². The molecule has 1 aromatic rings. The molecule has 1 aliphatic carbocycles. The molecule has 1 amide bonds. The molecule has 0 radical (unpaired) electrons. The number of rotatable bonds is 5. The van der Waals surface area contributed by atoms with Crippen LogP contribution >= 0.6 is 11.6 Å². The number of hydrogen-bond acceptors (Lipinski definition) is 4. The van der Waals surface area contributed by atoms with Crippen molar-refractivity contribution in [2.75, 3.05) is 20.2 Å². The molecule has 0 aromatic heterocycles. The smallest absolute Gasteiger partial charge is 0.243 e. The molecule has 3 rings (SSSR count). The molecule has 1 saturated heterocycles. The first kappa shape index (κ1) is 21.6. The number of carbonyl (C=O) groups is 1. The van der Waals surface area contributed by atoms with Crippen molar-refractivity contribution in [1.29, 1.82) is 0 Å². The number of carbonyl (C=O) groups excluding carboxylic acids is 1. The van der Waals surface area contributed by atoms with E-state index in [2.05, 4.69) is 5.32 Å².